The number of amides is 1. The Morgan fingerprint density at radius 1 is 1.19 bits per heavy atom. The Balaban J connectivity index is 1.61. The Hall–Kier alpha value is -2.12. The molecule has 0 saturated carbocycles. The first kappa shape index (κ1) is 19.6. The smallest absolute Gasteiger partial charge is 0.432 e. The minimum atomic E-state index is -0.770. The molecule has 2 aliphatic rings. The zero-order valence-electron chi connectivity index (χ0n) is 16.1. The molecule has 0 aromatic heterocycles. The first-order valence-corrected chi connectivity index (χ1v) is 9.40. The van der Waals surface area contributed by atoms with Crippen LogP contribution < -0.4 is 0 Å². The van der Waals surface area contributed by atoms with Crippen LogP contribution in [-0.4, -0.2) is 68.0 Å². The molecule has 3 rings (SSSR count). The van der Waals surface area contributed by atoms with E-state index in [1.807, 2.05) is 6.07 Å². The number of methoxy groups -OCH3 is 1. The molecular formula is C20H28N2O5. The second kappa shape index (κ2) is 8.71. The molecule has 2 atom stereocenters. The average Bonchev–Trinajstić information content (AvgIpc) is 2.96. The highest BCUT2D eigenvalue weighted by molar-refractivity contribution is 5.80. The molecule has 1 aromatic carbocycles. The maximum atomic E-state index is 12.4. The summed E-state index contributed by atoms with van der Waals surface area (Å²) < 4.78 is 14.9. The second-order valence-electron chi connectivity index (χ2n) is 7.29. The van der Waals surface area contributed by atoms with Gasteiger partial charge >= 0.3 is 6.16 Å². The molecule has 2 fully saturated rings. The number of carbonyl (C=O) groups excluding carboxylic acids is 2. The van der Waals surface area contributed by atoms with Crippen molar-refractivity contribution in [2.75, 3.05) is 40.6 Å². The number of likely N-dealkylation sites (tertiary alicyclic amines) is 2. The molecule has 0 aliphatic carbocycles. The van der Waals surface area contributed by atoms with Crippen molar-refractivity contribution in [3.8, 4) is 0 Å². The number of hydrogen-bond donors (Lipinski definition) is 0. The maximum Gasteiger partial charge on any atom is 0.510 e. The number of likely N-dealkylation sites (N-methyl/N-ethyl adjacent to an activating group) is 1. The van der Waals surface area contributed by atoms with Crippen molar-refractivity contribution in [1.82, 2.24) is 9.80 Å². The average molecular weight is 376 g/mol. The third-order valence-corrected chi connectivity index (χ3v) is 5.64. The lowest BCUT2D eigenvalue weighted by atomic mass is 9.82. The van der Waals surface area contributed by atoms with Gasteiger partial charge in [0.25, 0.3) is 0 Å². The highest BCUT2D eigenvalue weighted by Crippen LogP contribution is 2.43. The van der Waals surface area contributed by atoms with Crippen LogP contribution in [0.1, 0.15) is 37.3 Å². The summed E-state index contributed by atoms with van der Waals surface area (Å²) in [6.45, 7) is 1.15. The van der Waals surface area contributed by atoms with E-state index >= 15 is 0 Å². The van der Waals surface area contributed by atoms with Gasteiger partial charge in [-0.3, -0.25) is 9.69 Å². The van der Waals surface area contributed by atoms with Crippen LogP contribution in [0.25, 0.3) is 0 Å². The lowest BCUT2D eigenvalue weighted by Gasteiger charge is -2.47. The summed E-state index contributed by atoms with van der Waals surface area (Å²) in [5.41, 5.74) is 1.02. The highest BCUT2D eigenvalue weighted by atomic mass is 16.7. The first-order valence-electron chi connectivity index (χ1n) is 9.40. The van der Waals surface area contributed by atoms with Gasteiger partial charge in [0.05, 0.1) is 12.1 Å². The fraction of sp³-hybridized carbons (Fsp3) is 0.600. The standard InChI is InChI=1S/C20H28N2O5/c1-21-14-20(10-8-17(21)16-6-4-3-5-7-16)11-9-18(23)22(20)15-27-19(24)26-13-12-25-2/h3-7,17H,8-15H2,1-2H3. The third-order valence-electron chi connectivity index (χ3n) is 5.64. The largest absolute Gasteiger partial charge is 0.510 e. The van der Waals surface area contributed by atoms with Crippen LogP contribution in [0.15, 0.2) is 30.3 Å². The van der Waals surface area contributed by atoms with Crippen LogP contribution in [-0.2, 0) is 19.0 Å². The number of ether oxygens (including phenoxy) is 3. The summed E-state index contributed by atoms with van der Waals surface area (Å²) in [5, 5.41) is 0. The van der Waals surface area contributed by atoms with E-state index in [9.17, 15) is 9.59 Å². The number of carbonyl (C=O) groups is 2. The van der Waals surface area contributed by atoms with E-state index in [0.29, 0.717) is 19.1 Å². The molecule has 2 aliphatic heterocycles. The molecule has 2 saturated heterocycles. The number of hydrogen-bond acceptors (Lipinski definition) is 6. The summed E-state index contributed by atoms with van der Waals surface area (Å²) in [6.07, 6.45) is 2.37. The summed E-state index contributed by atoms with van der Waals surface area (Å²) in [5.74, 6) is 0.0336. The van der Waals surface area contributed by atoms with Gasteiger partial charge in [-0.15, -0.1) is 0 Å². The number of benzene rings is 1. The molecule has 27 heavy (non-hydrogen) atoms. The summed E-state index contributed by atoms with van der Waals surface area (Å²) >= 11 is 0. The number of rotatable bonds is 6. The Bertz CT molecular complexity index is 653. The summed E-state index contributed by atoms with van der Waals surface area (Å²) in [4.78, 5) is 28.2. The Labute approximate surface area is 160 Å². The molecule has 1 aromatic rings. The maximum absolute atomic E-state index is 12.4. The van der Waals surface area contributed by atoms with Crippen molar-refractivity contribution in [1.29, 1.82) is 0 Å². The van der Waals surface area contributed by atoms with Gasteiger partial charge in [-0.25, -0.2) is 4.79 Å². The molecule has 148 valence electrons. The Morgan fingerprint density at radius 2 is 1.96 bits per heavy atom. The van der Waals surface area contributed by atoms with Gasteiger partial charge in [0.2, 0.25) is 5.91 Å². The quantitative estimate of drug-likeness (QED) is 0.561. The SMILES string of the molecule is COCCOC(=O)OCN1C(=O)CCC12CCC(c1ccccc1)N(C)C2. The summed E-state index contributed by atoms with van der Waals surface area (Å²) in [6, 6.07) is 10.8. The van der Waals surface area contributed by atoms with Crippen LogP contribution in [0, 0.1) is 0 Å². The van der Waals surface area contributed by atoms with Crippen molar-refractivity contribution >= 4 is 12.1 Å². The molecule has 1 amide bonds. The second-order valence-corrected chi connectivity index (χ2v) is 7.29. The van der Waals surface area contributed by atoms with Crippen molar-refractivity contribution in [2.24, 2.45) is 0 Å². The number of nitrogens with zero attached hydrogens (tertiary/aromatic N) is 2. The van der Waals surface area contributed by atoms with E-state index in [-0.39, 0.29) is 24.8 Å². The minimum Gasteiger partial charge on any atom is -0.432 e. The Morgan fingerprint density at radius 3 is 2.67 bits per heavy atom. The van der Waals surface area contributed by atoms with E-state index in [1.54, 1.807) is 4.90 Å². The molecule has 0 radical (unpaired) electrons. The van der Waals surface area contributed by atoms with Gasteiger partial charge in [0.1, 0.15) is 6.61 Å². The van der Waals surface area contributed by atoms with Crippen molar-refractivity contribution in [3.63, 3.8) is 0 Å². The van der Waals surface area contributed by atoms with Crippen molar-refractivity contribution in [2.45, 2.75) is 37.3 Å². The lowest BCUT2D eigenvalue weighted by Crippen LogP contribution is -2.57. The molecular weight excluding hydrogens is 348 g/mol. The third kappa shape index (κ3) is 4.42. The van der Waals surface area contributed by atoms with Gasteiger partial charge in [0, 0.05) is 26.1 Å². The van der Waals surface area contributed by atoms with E-state index < -0.39 is 6.16 Å². The van der Waals surface area contributed by atoms with Gasteiger partial charge in [-0.2, -0.15) is 0 Å². The van der Waals surface area contributed by atoms with Gasteiger partial charge in [-0.1, -0.05) is 30.3 Å². The van der Waals surface area contributed by atoms with Crippen molar-refractivity contribution < 1.29 is 23.8 Å². The van der Waals surface area contributed by atoms with E-state index in [2.05, 4.69) is 36.2 Å². The molecule has 1 spiro atoms. The molecule has 7 nitrogen and oxygen atoms in total. The number of piperidine rings is 1. The molecule has 2 unspecified atom stereocenters. The minimum absolute atomic E-state index is 0.0336. The predicted molar refractivity (Wildman–Crippen MR) is 99.0 cm³/mol. The van der Waals surface area contributed by atoms with Crippen LogP contribution in [0.3, 0.4) is 0 Å². The predicted octanol–water partition coefficient (Wildman–Crippen LogP) is 2.57. The van der Waals surface area contributed by atoms with Crippen molar-refractivity contribution in [3.05, 3.63) is 35.9 Å². The topological polar surface area (TPSA) is 68.3 Å². The fourth-order valence-corrected chi connectivity index (χ4v) is 4.25. The molecule has 0 bridgehead atoms. The zero-order valence-corrected chi connectivity index (χ0v) is 16.1. The lowest BCUT2D eigenvalue weighted by molar-refractivity contribution is -0.139. The van der Waals surface area contributed by atoms with Gasteiger partial charge < -0.3 is 19.1 Å². The van der Waals surface area contributed by atoms with Gasteiger partial charge in [0.15, 0.2) is 6.73 Å². The fourth-order valence-electron chi connectivity index (χ4n) is 4.25. The molecule has 0 N–H and O–H groups in total. The zero-order chi connectivity index (χ0) is 19.3. The first-order chi connectivity index (χ1) is 13.1. The van der Waals surface area contributed by atoms with Crippen LogP contribution in [0.2, 0.25) is 0 Å². The van der Waals surface area contributed by atoms with Crippen LogP contribution >= 0.6 is 0 Å². The molecule has 7 heteroatoms. The molecule has 2 heterocycles. The highest BCUT2D eigenvalue weighted by Gasteiger charge is 2.49. The van der Waals surface area contributed by atoms with E-state index in [0.717, 1.165) is 25.8 Å². The Kier molecular flexibility index (Phi) is 6.34. The van der Waals surface area contributed by atoms with E-state index in [4.69, 9.17) is 14.2 Å². The summed E-state index contributed by atoms with van der Waals surface area (Å²) in [7, 11) is 3.63. The monoisotopic (exact) mass is 376 g/mol. The van der Waals surface area contributed by atoms with Crippen LogP contribution in [0.4, 0.5) is 4.79 Å². The van der Waals surface area contributed by atoms with Crippen LogP contribution in [0.5, 0.6) is 0 Å². The van der Waals surface area contributed by atoms with E-state index in [1.165, 1.54) is 12.7 Å². The normalized spacial score (nSPS) is 25.8. The van der Waals surface area contributed by atoms with Gasteiger partial charge in [-0.05, 0) is 31.9 Å².